The lowest BCUT2D eigenvalue weighted by Gasteiger charge is -2.26. The Morgan fingerprint density at radius 3 is 2.26 bits per heavy atom. The van der Waals surface area contributed by atoms with Crippen molar-refractivity contribution in [3.8, 4) is 5.75 Å². The van der Waals surface area contributed by atoms with E-state index in [0.29, 0.717) is 18.0 Å². The fourth-order valence-electron chi connectivity index (χ4n) is 3.32. The molecular weight excluding hydrogens is 418 g/mol. The highest BCUT2D eigenvalue weighted by Crippen LogP contribution is 2.21. The van der Waals surface area contributed by atoms with Crippen LogP contribution in [0.5, 0.6) is 5.75 Å². The second-order valence-electron chi connectivity index (χ2n) is 7.45. The van der Waals surface area contributed by atoms with Gasteiger partial charge in [0.25, 0.3) is 0 Å². The van der Waals surface area contributed by atoms with E-state index in [1.54, 1.807) is 24.3 Å². The first kappa shape index (κ1) is 23.1. The molecule has 0 aromatic heterocycles. The van der Waals surface area contributed by atoms with Crippen molar-refractivity contribution in [2.75, 3.05) is 50.5 Å². The zero-order chi connectivity index (χ0) is 22.3. The highest BCUT2D eigenvalue weighted by atomic mass is 32.2. The third kappa shape index (κ3) is 6.95. The molecule has 0 bridgehead atoms. The number of nitrogens with one attached hydrogen (secondary N) is 1. The summed E-state index contributed by atoms with van der Waals surface area (Å²) in [6.45, 7) is 4.32. The van der Waals surface area contributed by atoms with E-state index in [1.807, 2.05) is 12.1 Å². The van der Waals surface area contributed by atoms with Crippen molar-refractivity contribution in [2.45, 2.75) is 13.1 Å². The van der Waals surface area contributed by atoms with Crippen molar-refractivity contribution in [1.29, 1.82) is 0 Å². The molecule has 1 aliphatic rings. The Morgan fingerprint density at radius 2 is 1.68 bits per heavy atom. The fraction of sp³-hybridized carbons (Fsp3) is 0.409. The quantitative estimate of drug-likeness (QED) is 0.628. The van der Waals surface area contributed by atoms with Crippen molar-refractivity contribution >= 4 is 21.6 Å². The predicted octanol–water partition coefficient (Wildman–Crippen LogP) is 1.61. The maximum atomic E-state index is 12.4. The van der Waals surface area contributed by atoms with Crippen LogP contribution in [0, 0.1) is 0 Å². The molecule has 1 heterocycles. The number of amides is 1. The Balaban J connectivity index is 1.54. The zero-order valence-corrected chi connectivity index (χ0v) is 18.7. The van der Waals surface area contributed by atoms with Crippen LogP contribution < -0.4 is 14.4 Å². The van der Waals surface area contributed by atoms with Gasteiger partial charge in [0.15, 0.2) is 0 Å². The minimum atomic E-state index is -3.62. The molecule has 0 saturated carbocycles. The van der Waals surface area contributed by atoms with Crippen LogP contribution in [-0.2, 0) is 32.6 Å². The van der Waals surface area contributed by atoms with Crippen LogP contribution in [0.25, 0.3) is 0 Å². The molecule has 31 heavy (non-hydrogen) atoms. The van der Waals surface area contributed by atoms with Gasteiger partial charge >= 0.3 is 0 Å². The molecule has 9 heteroatoms. The molecule has 0 atom stereocenters. The standard InChI is InChI=1S/C22H29N3O5S/c1-29-21-9-7-20(8-10-21)25(31(2,27)28)17-22(26)23-15-18-3-5-19(6-4-18)16-24-11-13-30-14-12-24/h3-10H,11-17H2,1-2H3,(H,23,26). The van der Waals surface area contributed by atoms with Gasteiger partial charge in [0.2, 0.25) is 15.9 Å². The average molecular weight is 448 g/mol. The molecular formula is C22H29N3O5S. The molecule has 3 rings (SSSR count). The second-order valence-corrected chi connectivity index (χ2v) is 9.36. The number of nitrogens with zero attached hydrogens (tertiary/aromatic N) is 2. The van der Waals surface area contributed by atoms with Gasteiger partial charge in [0, 0.05) is 26.2 Å². The first-order chi connectivity index (χ1) is 14.8. The number of rotatable bonds is 9. The molecule has 1 N–H and O–H groups in total. The summed E-state index contributed by atoms with van der Waals surface area (Å²) in [5.41, 5.74) is 2.57. The molecule has 0 unspecified atom stereocenters. The molecule has 1 amide bonds. The third-order valence-corrected chi connectivity index (χ3v) is 6.21. The summed E-state index contributed by atoms with van der Waals surface area (Å²) in [6, 6.07) is 14.6. The summed E-state index contributed by atoms with van der Waals surface area (Å²) in [7, 11) is -2.08. The number of ether oxygens (including phenoxy) is 2. The van der Waals surface area contributed by atoms with E-state index in [1.165, 1.54) is 12.7 Å². The molecule has 2 aromatic rings. The number of hydrogen-bond donors (Lipinski definition) is 1. The molecule has 1 saturated heterocycles. The Morgan fingerprint density at radius 1 is 1.06 bits per heavy atom. The minimum Gasteiger partial charge on any atom is -0.497 e. The van der Waals surface area contributed by atoms with Crippen molar-refractivity contribution in [2.24, 2.45) is 0 Å². The van der Waals surface area contributed by atoms with Crippen molar-refractivity contribution in [3.63, 3.8) is 0 Å². The largest absolute Gasteiger partial charge is 0.497 e. The summed E-state index contributed by atoms with van der Waals surface area (Å²) in [5, 5.41) is 2.80. The predicted molar refractivity (Wildman–Crippen MR) is 120 cm³/mol. The van der Waals surface area contributed by atoms with E-state index in [4.69, 9.17) is 9.47 Å². The molecule has 0 aliphatic carbocycles. The number of carbonyl (C=O) groups is 1. The van der Waals surface area contributed by atoms with Crippen LogP contribution in [0.1, 0.15) is 11.1 Å². The number of methoxy groups -OCH3 is 1. The number of carbonyl (C=O) groups excluding carboxylic acids is 1. The van der Waals surface area contributed by atoms with Gasteiger partial charge < -0.3 is 14.8 Å². The first-order valence-corrected chi connectivity index (χ1v) is 12.0. The lowest BCUT2D eigenvalue weighted by Crippen LogP contribution is -2.40. The molecule has 0 spiro atoms. The lowest BCUT2D eigenvalue weighted by molar-refractivity contribution is -0.119. The van der Waals surface area contributed by atoms with Gasteiger partial charge in [-0.15, -0.1) is 0 Å². The van der Waals surface area contributed by atoms with Gasteiger partial charge in [-0.05, 0) is 35.4 Å². The molecule has 168 valence electrons. The van der Waals surface area contributed by atoms with E-state index in [9.17, 15) is 13.2 Å². The van der Waals surface area contributed by atoms with Crippen LogP contribution in [0.4, 0.5) is 5.69 Å². The van der Waals surface area contributed by atoms with Crippen molar-refractivity contribution in [3.05, 3.63) is 59.7 Å². The van der Waals surface area contributed by atoms with Crippen molar-refractivity contribution in [1.82, 2.24) is 10.2 Å². The normalized spacial score (nSPS) is 14.8. The Bertz CT molecular complexity index is 956. The van der Waals surface area contributed by atoms with Gasteiger partial charge in [0.1, 0.15) is 12.3 Å². The monoisotopic (exact) mass is 447 g/mol. The Labute approximate surface area is 183 Å². The topological polar surface area (TPSA) is 88.2 Å². The number of anilines is 1. The number of hydrogen-bond acceptors (Lipinski definition) is 6. The molecule has 1 fully saturated rings. The van der Waals surface area contributed by atoms with E-state index in [-0.39, 0.29) is 12.5 Å². The first-order valence-electron chi connectivity index (χ1n) is 10.1. The van der Waals surface area contributed by atoms with E-state index >= 15 is 0 Å². The molecule has 2 aromatic carbocycles. The molecule has 1 aliphatic heterocycles. The average Bonchev–Trinajstić information content (AvgIpc) is 2.77. The lowest BCUT2D eigenvalue weighted by atomic mass is 10.1. The maximum absolute atomic E-state index is 12.4. The number of sulfonamides is 1. The van der Waals surface area contributed by atoms with Gasteiger partial charge in [-0.2, -0.15) is 0 Å². The fourth-order valence-corrected chi connectivity index (χ4v) is 4.17. The number of morpholine rings is 1. The Kier molecular flexibility index (Phi) is 7.89. The summed E-state index contributed by atoms with van der Waals surface area (Å²) in [6.07, 6.45) is 1.08. The molecule has 8 nitrogen and oxygen atoms in total. The van der Waals surface area contributed by atoms with Crippen LogP contribution in [0.3, 0.4) is 0 Å². The van der Waals surface area contributed by atoms with E-state index in [2.05, 4.69) is 22.3 Å². The minimum absolute atomic E-state index is 0.291. The highest BCUT2D eigenvalue weighted by molar-refractivity contribution is 7.92. The number of benzene rings is 2. The van der Waals surface area contributed by atoms with Gasteiger partial charge in [0.05, 0.1) is 32.3 Å². The SMILES string of the molecule is COc1ccc(N(CC(=O)NCc2ccc(CN3CCOCC3)cc2)S(C)(=O)=O)cc1. The zero-order valence-electron chi connectivity index (χ0n) is 17.9. The maximum Gasteiger partial charge on any atom is 0.241 e. The summed E-state index contributed by atoms with van der Waals surface area (Å²) in [5.74, 6) is 0.234. The van der Waals surface area contributed by atoms with Crippen LogP contribution in [-0.4, -0.2) is 65.4 Å². The third-order valence-electron chi connectivity index (χ3n) is 5.07. The second kappa shape index (κ2) is 10.6. The van der Waals surface area contributed by atoms with Crippen LogP contribution in [0.2, 0.25) is 0 Å². The summed E-state index contributed by atoms with van der Waals surface area (Å²) >= 11 is 0. The van der Waals surface area contributed by atoms with Gasteiger partial charge in [-0.1, -0.05) is 24.3 Å². The summed E-state index contributed by atoms with van der Waals surface area (Å²) < 4.78 is 35.9. The van der Waals surface area contributed by atoms with Crippen molar-refractivity contribution < 1.29 is 22.7 Å². The Hall–Kier alpha value is -2.62. The highest BCUT2D eigenvalue weighted by Gasteiger charge is 2.20. The van der Waals surface area contributed by atoms with E-state index < -0.39 is 10.0 Å². The van der Waals surface area contributed by atoms with E-state index in [0.717, 1.165) is 49.0 Å². The summed E-state index contributed by atoms with van der Waals surface area (Å²) in [4.78, 5) is 14.8. The van der Waals surface area contributed by atoms with Gasteiger partial charge in [-0.25, -0.2) is 8.42 Å². The smallest absolute Gasteiger partial charge is 0.241 e. The van der Waals surface area contributed by atoms with Crippen LogP contribution >= 0.6 is 0 Å². The van der Waals surface area contributed by atoms with Gasteiger partial charge in [-0.3, -0.25) is 14.0 Å². The van der Waals surface area contributed by atoms with Crippen LogP contribution in [0.15, 0.2) is 48.5 Å². The molecule has 0 radical (unpaired) electrons.